The van der Waals surface area contributed by atoms with E-state index in [-0.39, 0.29) is 30.8 Å². The number of nitrogens with two attached hydrogens (primary N) is 1. The maximum atomic E-state index is 11.9. The van der Waals surface area contributed by atoms with Gasteiger partial charge in [-0.3, -0.25) is 9.59 Å². The number of carbonyl (C=O) groups is 2. The van der Waals surface area contributed by atoms with Crippen molar-refractivity contribution in [1.29, 1.82) is 0 Å². The molecular weight excluding hydrogens is 248 g/mol. The third-order valence-electron chi connectivity index (χ3n) is 2.78. The fourth-order valence-electron chi connectivity index (χ4n) is 1.65. The van der Waals surface area contributed by atoms with Crippen LogP contribution in [0, 0.1) is 12.8 Å². The average Bonchev–Trinajstić information content (AvgIpc) is 2.75. The predicted molar refractivity (Wildman–Crippen MR) is 70.3 cm³/mol. The van der Waals surface area contributed by atoms with Gasteiger partial charge in [0.05, 0.1) is 12.5 Å². The second-order valence-electron chi connectivity index (χ2n) is 4.41. The molecule has 1 atom stereocenters. The molecule has 0 saturated heterocycles. The van der Waals surface area contributed by atoms with Crippen LogP contribution in [0.25, 0.3) is 0 Å². The SMILES string of the molecule is CCC(CN)C(=O)N(C)CC(=O)Nc1cc(C)on1. The minimum Gasteiger partial charge on any atom is -0.360 e. The zero-order chi connectivity index (χ0) is 14.4. The van der Waals surface area contributed by atoms with E-state index in [0.29, 0.717) is 18.0 Å². The van der Waals surface area contributed by atoms with Gasteiger partial charge in [-0.2, -0.15) is 0 Å². The van der Waals surface area contributed by atoms with Crippen molar-refractivity contribution >= 4 is 17.6 Å². The van der Waals surface area contributed by atoms with Gasteiger partial charge in [-0.15, -0.1) is 0 Å². The van der Waals surface area contributed by atoms with E-state index in [0.717, 1.165) is 0 Å². The number of hydrogen-bond acceptors (Lipinski definition) is 5. The predicted octanol–water partition coefficient (Wildman–Crippen LogP) is 0.365. The molecule has 1 heterocycles. The Hall–Kier alpha value is -1.89. The minimum atomic E-state index is -0.323. The van der Waals surface area contributed by atoms with Gasteiger partial charge >= 0.3 is 0 Å². The summed E-state index contributed by atoms with van der Waals surface area (Å²) in [6.07, 6.45) is 0.657. The van der Waals surface area contributed by atoms with Gasteiger partial charge in [-0.05, 0) is 13.3 Å². The Bertz CT molecular complexity index is 440. The summed E-state index contributed by atoms with van der Waals surface area (Å²) in [7, 11) is 1.58. The molecule has 2 amide bonds. The fraction of sp³-hybridized carbons (Fsp3) is 0.583. The van der Waals surface area contributed by atoms with Crippen molar-refractivity contribution < 1.29 is 14.1 Å². The lowest BCUT2D eigenvalue weighted by atomic mass is 10.1. The van der Waals surface area contributed by atoms with Crippen LogP contribution in [0.15, 0.2) is 10.6 Å². The summed E-state index contributed by atoms with van der Waals surface area (Å²) in [6.45, 7) is 3.86. The molecule has 3 N–H and O–H groups in total. The first-order valence-electron chi connectivity index (χ1n) is 6.16. The molecule has 7 nitrogen and oxygen atoms in total. The molecule has 0 radical (unpaired) electrons. The van der Waals surface area contributed by atoms with Crippen LogP contribution < -0.4 is 11.1 Å². The molecule has 1 aromatic heterocycles. The standard InChI is InChI=1S/C12H20N4O3/c1-4-9(6-13)12(18)16(3)7-11(17)14-10-5-8(2)19-15-10/h5,9H,4,6-7,13H2,1-3H3,(H,14,15,17). The van der Waals surface area contributed by atoms with Crippen molar-refractivity contribution in [1.82, 2.24) is 10.1 Å². The molecule has 0 aromatic carbocycles. The van der Waals surface area contributed by atoms with E-state index in [1.807, 2.05) is 6.92 Å². The average molecular weight is 268 g/mol. The molecule has 106 valence electrons. The van der Waals surface area contributed by atoms with Crippen molar-refractivity contribution in [3.05, 3.63) is 11.8 Å². The molecule has 1 rings (SSSR count). The van der Waals surface area contributed by atoms with Gasteiger partial charge in [0.2, 0.25) is 11.8 Å². The highest BCUT2D eigenvalue weighted by Gasteiger charge is 2.20. The number of anilines is 1. The number of aryl methyl sites for hydroxylation is 1. The summed E-state index contributed by atoms with van der Waals surface area (Å²) in [4.78, 5) is 25.0. The third kappa shape index (κ3) is 4.36. The Kier molecular flexibility index (Phi) is 5.50. The van der Waals surface area contributed by atoms with Crippen LogP contribution in [0.5, 0.6) is 0 Å². The van der Waals surface area contributed by atoms with Crippen LogP contribution in [-0.4, -0.2) is 42.0 Å². The smallest absolute Gasteiger partial charge is 0.245 e. The fourth-order valence-corrected chi connectivity index (χ4v) is 1.65. The van der Waals surface area contributed by atoms with Gasteiger partial charge in [0.15, 0.2) is 5.82 Å². The molecule has 1 aromatic rings. The van der Waals surface area contributed by atoms with Crippen LogP contribution in [0.1, 0.15) is 19.1 Å². The highest BCUT2D eigenvalue weighted by Crippen LogP contribution is 2.08. The zero-order valence-electron chi connectivity index (χ0n) is 11.5. The van der Waals surface area contributed by atoms with Gasteiger partial charge in [-0.25, -0.2) is 0 Å². The zero-order valence-corrected chi connectivity index (χ0v) is 11.5. The molecule has 0 bridgehead atoms. The summed E-state index contributed by atoms with van der Waals surface area (Å²) >= 11 is 0. The molecule has 0 aliphatic heterocycles. The van der Waals surface area contributed by atoms with E-state index < -0.39 is 0 Å². The molecule has 0 fully saturated rings. The lowest BCUT2D eigenvalue weighted by molar-refractivity contribution is -0.136. The monoisotopic (exact) mass is 268 g/mol. The number of hydrogen-bond donors (Lipinski definition) is 2. The first-order chi connectivity index (χ1) is 8.97. The Morgan fingerprint density at radius 3 is 2.74 bits per heavy atom. The minimum absolute atomic E-state index is 0.0404. The van der Waals surface area contributed by atoms with Crippen molar-refractivity contribution in [3.8, 4) is 0 Å². The van der Waals surface area contributed by atoms with E-state index >= 15 is 0 Å². The highest BCUT2D eigenvalue weighted by atomic mass is 16.5. The molecule has 7 heteroatoms. The van der Waals surface area contributed by atoms with Crippen LogP contribution in [0.3, 0.4) is 0 Å². The van der Waals surface area contributed by atoms with E-state index in [4.69, 9.17) is 10.3 Å². The molecular formula is C12H20N4O3. The van der Waals surface area contributed by atoms with Crippen LogP contribution in [0.2, 0.25) is 0 Å². The van der Waals surface area contributed by atoms with E-state index in [1.54, 1.807) is 20.0 Å². The lowest BCUT2D eigenvalue weighted by Crippen LogP contribution is -2.40. The second kappa shape index (κ2) is 6.89. The Balaban J connectivity index is 2.49. The summed E-state index contributed by atoms with van der Waals surface area (Å²) in [5.74, 6) is 0.253. The molecule has 19 heavy (non-hydrogen) atoms. The molecule has 1 unspecified atom stereocenters. The van der Waals surface area contributed by atoms with Gasteiger partial charge in [0.1, 0.15) is 5.76 Å². The van der Waals surface area contributed by atoms with E-state index in [2.05, 4.69) is 10.5 Å². The van der Waals surface area contributed by atoms with Gasteiger partial charge in [0, 0.05) is 19.7 Å². The lowest BCUT2D eigenvalue weighted by Gasteiger charge is -2.21. The summed E-state index contributed by atoms with van der Waals surface area (Å²) in [6, 6.07) is 1.61. The van der Waals surface area contributed by atoms with E-state index in [1.165, 1.54) is 4.90 Å². The second-order valence-corrected chi connectivity index (χ2v) is 4.41. The Labute approximate surface area is 112 Å². The molecule has 0 aliphatic carbocycles. The number of aromatic nitrogens is 1. The molecule has 0 aliphatic rings. The molecule has 0 saturated carbocycles. The van der Waals surface area contributed by atoms with Crippen molar-refractivity contribution in [2.24, 2.45) is 11.7 Å². The van der Waals surface area contributed by atoms with Crippen molar-refractivity contribution in [2.45, 2.75) is 20.3 Å². The number of likely N-dealkylation sites (N-methyl/N-ethyl adjacent to an activating group) is 1. The first kappa shape index (κ1) is 15.2. The third-order valence-corrected chi connectivity index (χ3v) is 2.78. The van der Waals surface area contributed by atoms with Crippen LogP contribution >= 0.6 is 0 Å². The van der Waals surface area contributed by atoms with E-state index in [9.17, 15) is 9.59 Å². The quantitative estimate of drug-likeness (QED) is 0.776. The van der Waals surface area contributed by atoms with Gasteiger partial charge in [0.25, 0.3) is 0 Å². The summed E-state index contributed by atoms with van der Waals surface area (Å²) in [5, 5.41) is 6.20. The first-order valence-corrected chi connectivity index (χ1v) is 6.16. The normalized spacial score (nSPS) is 12.0. The summed E-state index contributed by atoms with van der Waals surface area (Å²) in [5.41, 5.74) is 5.51. The Morgan fingerprint density at radius 2 is 2.26 bits per heavy atom. The number of carbonyl (C=O) groups excluding carboxylic acids is 2. The summed E-state index contributed by atoms with van der Waals surface area (Å²) < 4.78 is 4.83. The number of rotatable bonds is 6. The Morgan fingerprint density at radius 1 is 1.58 bits per heavy atom. The maximum absolute atomic E-state index is 11.9. The van der Waals surface area contributed by atoms with Gasteiger partial charge < -0.3 is 20.5 Å². The number of amides is 2. The van der Waals surface area contributed by atoms with Crippen LogP contribution in [0.4, 0.5) is 5.82 Å². The van der Waals surface area contributed by atoms with Crippen molar-refractivity contribution in [2.75, 3.05) is 25.5 Å². The topological polar surface area (TPSA) is 101 Å². The highest BCUT2D eigenvalue weighted by molar-refractivity contribution is 5.94. The van der Waals surface area contributed by atoms with Gasteiger partial charge in [-0.1, -0.05) is 12.1 Å². The molecule has 0 spiro atoms. The number of nitrogens with zero attached hydrogens (tertiary/aromatic N) is 2. The van der Waals surface area contributed by atoms with Crippen LogP contribution in [-0.2, 0) is 9.59 Å². The largest absolute Gasteiger partial charge is 0.360 e. The maximum Gasteiger partial charge on any atom is 0.245 e. The number of nitrogens with one attached hydrogen (secondary N) is 1. The van der Waals surface area contributed by atoms with Crippen molar-refractivity contribution in [3.63, 3.8) is 0 Å².